The molecule has 1 amide bonds. The lowest BCUT2D eigenvalue weighted by Gasteiger charge is -2.23. The van der Waals surface area contributed by atoms with Gasteiger partial charge in [0.25, 0.3) is 5.91 Å². The summed E-state index contributed by atoms with van der Waals surface area (Å²) in [5.74, 6) is -0.0942. The highest BCUT2D eigenvalue weighted by molar-refractivity contribution is 6.32. The van der Waals surface area contributed by atoms with Gasteiger partial charge in [-0.3, -0.25) is 4.79 Å². The van der Waals surface area contributed by atoms with E-state index in [2.05, 4.69) is 5.32 Å². The quantitative estimate of drug-likeness (QED) is 0.753. The fourth-order valence-electron chi connectivity index (χ4n) is 2.48. The zero-order valence-electron chi connectivity index (χ0n) is 15.2. The molecule has 0 spiro atoms. The lowest BCUT2D eigenvalue weighted by Crippen LogP contribution is -2.39. The standard InChI is InChI=1S/C20H24ClFN2O2/c1-14(26-19-7-5-4-6-17(19)21)20(25)23-18(12-13-24(2)3)15-8-10-16(22)11-9-15/h4-11,14,18H,12-13H2,1-3H3,(H,23,25). The second-order valence-electron chi connectivity index (χ2n) is 6.40. The van der Waals surface area contributed by atoms with E-state index in [0.29, 0.717) is 17.2 Å². The van der Waals surface area contributed by atoms with Gasteiger partial charge in [-0.1, -0.05) is 35.9 Å². The lowest BCUT2D eigenvalue weighted by atomic mass is 10.0. The number of benzene rings is 2. The van der Waals surface area contributed by atoms with Gasteiger partial charge in [0.05, 0.1) is 11.1 Å². The van der Waals surface area contributed by atoms with Crippen molar-refractivity contribution in [1.82, 2.24) is 10.2 Å². The summed E-state index contributed by atoms with van der Waals surface area (Å²) in [6.07, 6.45) is -0.0133. The van der Waals surface area contributed by atoms with E-state index in [1.807, 2.05) is 19.0 Å². The first-order chi connectivity index (χ1) is 12.4. The molecule has 0 aliphatic rings. The SMILES string of the molecule is CC(Oc1ccccc1Cl)C(=O)NC(CCN(C)C)c1ccc(F)cc1. The van der Waals surface area contributed by atoms with Crippen LogP contribution in [0.3, 0.4) is 0 Å². The highest BCUT2D eigenvalue weighted by Crippen LogP contribution is 2.24. The van der Waals surface area contributed by atoms with Crippen LogP contribution in [0, 0.1) is 5.82 Å². The third-order valence-corrected chi connectivity index (χ3v) is 4.28. The molecule has 1 N–H and O–H groups in total. The van der Waals surface area contributed by atoms with Crippen LogP contribution in [-0.2, 0) is 4.79 Å². The Bertz CT molecular complexity index is 722. The van der Waals surface area contributed by atoms with E-state index in [-0.39, 0.29) is 17.8 Å². The van der Waals surface area contributed by atoms with Gasteiger partial charge in [0.1, 0.15) is 11.6 Å². The molecule has 0 heterocycles. The van der Waals surface area contributed by atoms with Crippen LogP contribution >= 0.6 is 11.6 Å². The summed E-state index contributed by atoms with van der Waals surface area (Å²) < 4.78 is 18.9. The van der Waals surface area contributed by atoms with Gasteiger partial charge in [0, 0.05) is 0 Å². The molecule has 2 unspecified atom stereocenters. The lowest BCUT2D eigenvalue weighted by molar-refractivity contribution is -0.128. The molecule has 6 heteroatoms. The number of amides is 1. The Morgan fingerprint density at radius 3 is 2.46 bits per heavy atom. The predicted octanol–water partition coefficient (Wildman–Crippen LogP) is 4.06. The zero-order valence-corrected chi connectivity index (χ0v) is 16.0. The molecule has 0 aliphatic heterocycles. The Hall–Kier alpha value is -2.11. The molecule has 0 fully saturated rings. The van der Waals surface area contributed by atoms with E-state index >= 15 is 0 Å². The molecular formula is C20H24ClFN2O2. The van der Waals surface area contributed by atoms with Crippen LogP contribution < -0.4 is 10.1 Å². The summed E-state index contributed by atoms with van der Waals surface area (Å²) in [6.45, 7) is 2.45. The number of nitrogens with one attached hydrogen (secondary N) is 1. The molecule has 0 aliphatic carbocycles. The Labute approximate surface area is 158 Å². The number of ether oxygens (including phenoxy) is 1. The van der Waals surface area contributed by atoms with Gasteiger partial charge < -0.3 is 15.0 Å². The molecule has 26 heavy (non-hydrogen) atoms. The molecule has 0 radical (unpaired) electrons. The highest BCUT2D eigenvalue weighted by atomic mass is 35.5. The van der Waals surface area contributed by atoms with E-state index < -0.39 is 6.10 Å². The summed E-state index contributed by atoms with van der Waals surface area (Å²) in [4.78, 5) is 14.6. The fourth-order valence-corrected chi connectivity index (χ4v) is 2.66. The number of hydrogen-bond acceptors (Lipinski definition) is 3. The van der Waals surface area contributed by atoms with Crippen molar-refractivity contribution < 1.29 is 13.9 Å². The minimum absolute atomic E-state index is 0.234. The third kappa shape index (κ3) is 6.00. The number of rotatable bonds is 8. The van der Waals surface area contributed by atoms with E-state index in [9.17, 15) is 9.18 Å². The van der Waals surface area contributed by atoms with Crippen molar-refractivity contribution in [2.45, 2.75) is 25.5 Å². The molecule has 2 aromatic carbocycles. The molecule has 2 aromatic rings. The monoisotopic (exact) mass is 378 g/mol. The molecule has 2 atom stereocenters. The second kappa shape index (κ2) is 9.55. The number of carbonyl (C=O) groups is 1. The first kappa shape index (κ1) is 20.2. The number of para-hydroxylation sites is 1. The Kier molecular flexibility index (Phi) is 7.42. The van der Waals surface area contributed by atoms with E-state index in [1.54, 1.807) is 43.3 Å². The number of hydrogen-bond donors (Lipinski definition) is 1. The number of halogens is 2. The van der Waals surface area contributed by atoms with Crippen molar-refractivity contribution in [3.8, 4) is 5.75 Å². The van der Waals surface area contributed by atoms with Gasteiger partial charge in [-0.15, -0.1) is 0 Å². The van der Waals surface area contributed by atoms with Crippen LogP contribution in [0.1, 0.15) is 24.9 Å². The van der Waals surface area contributed by atoms with Gasteiger partial charge in [0.15, 0.2) is 6.10 Å². The minimum Gasteiger partial charge on any atom is -0.479 e. The van der Waals surface area contributed by atoms with Crippen LogP contribution in [-0.4, -0.2) is 37.6 Å². The molecule has 0 saturated carbocycles. The number of nitrogens with zero attached hydrogens (tertiary/aromatic N) is 1. The van der Waals surface area contributed by atoms with Gasteiger partial charge in [-0.05, 0) is 63.8 Å². The van der Waals surface area contributed by atoms with Crippen molar-refractivity contribution in [1.29, 1.82) is 0 Å². The van der Waals surface area contributed by atoms with Crippen LogP contribution in [0.25, 0.3) is 0 Å². The van der Waals surface area contributed by atoms with Crippen LogP contribution in [0.4, 0.5) is 4.39 Å². The van der Waals surface area contributed by atoms with Crippen LogP contribution in [0.5, 0.6) is 5.75 Å². The summed E-state index contributed by atoms with van der Waals surface area (Å²) in [5.41, 5.74) is 0.853. The molecule has 140 valence electrons. The smallest absolute Gasteiger partial charge is 0.261 e. The normalized spacial score (nSPS) is 13.3. The Morgan fingerprint density at radius 1 is 1.19 bits per heavy atom. The van der Waals surface area contributed by atoms with Crippen molar-refractivity contribution >= 4 is 17.5 Å². The predicted molar refractivity (Wildman–Crippen MR) is 102 cm³/mol. The summed E-state index contributed by atoms with van der Waals surface area (Å²) in [6, 6.07) is 13.0. The first-order valence-electron chi connectivity index (χ1n) is 8.48. The molecule has 0 saturated heterocycles. The van der Waals surface area contributed by atoms with E-state index in [0.717, 1.165) is 12.1 Å². The Balaban J connectivity index is 2.06. The summed E-state index contributed by atoms with van der Waals surface area (Å²) in [5, 5.41) is 3.45. The largest absolute Gasteiger partial charge is 0.479 e. The van der Waals surface area contributed by atoms with Gasteiger partial charge in [0.2, 0.25) is 0 Å². The van der Waals surface area contributed by atoms with Gasteiger partial charge in [-0.2, -0.15) is 0 Å². The molecule has 0 bridgehead atoms. The molecule has 2 rings (SSSR count). The van der Waals surface area contributed by atoms with Gasteiger partial charge in [-0.25, -0.2) is 4.39 Å². The highest BCUT2D eigenvalue weighted by Gasteiger charge is 2.21. The van der Waals surface area contributed by atoms with Crippen molar-refractivity contribution in [3.63, 3.8) is 0 Å². The molecule has 4 nitrogen and oxygen atoms in total. The van der Waals surface area contributed by atoms with Crippen LogP contribution in [0.15, 0.2) is 48.5 Å². The van der Waals surface area contributed by atoms with Crippen molar-refractivity contribution in [2.75, 3.05) is 20.6 Å². The molecular weight excluding hydrogens is 355 g/mol. The van der Waals surface area contributed by atoms with E-state index in [4.69, 9.17) is 16.3 Å². The van der Waals surface area contributed by atoms with Gasteiger partial charge >= 0.3 is 0 Å². The van der Waals surface area contributed by atoms with Crippen LogP contribution in [0.2, 0.25) is 5.02 Å². The average molecular weight is 379 g/mol. The zero-order chi connectivity index (χ0) is 19.1. The van der Waals surface area contributed by atoms with Crippen molar-refractivity contribution in [2.24, 2.45) is 0 Å². The number of carbonyl (C=O) groups excluding carboxylic acids is 1. The van der Waals surface area contributed by atoms with E-state index in [1.165, 1.54) is 12.1 Å². The Morgan fingerprint density at radius 2 is 1.85 bits per heavy atom. The first-order valence-corrected chi connectivity index (χ1v) is 8.86. The third-order valence-electron chi connectivity index (χ3n) is 3.96. The average Bonchev–Trinajstić information content (AvgIpc) is 2.61. The minimum atomic E-state index is -0.711. The topological polar surface area (TPSA) is 41.6 Å². The maximum atomic E-state index is 13.2. The summed E-state index contributed by atoms with van der Waals surface area (Å²) >= 11 is 6.08. The second-order valence-corrected chi connectivity index (χ2v) is 6.80. The molecule has 0 aromatic heterocycles. The fraction of sp³-hybridized carbons (Fsp3) is 0.350. The maximum absolute atomic E-state index is 13.2. The summed E-state index contributed by atoms with van der Waals surface area (Å²) in [7, 11) is 3.93. The van der Waals surface area contributed by atoms with Crippen molar-refractivity contribution in [3.05, 3.63) is 64.9 Å². The maximum Gasteiger partial charge on any atom is 0.261 e.